The molecule has 0 saturated carbocycles. The minimum Gasteiger partial charge on any atom is -0.476 e. The Balaban J connectivity index is 2.19. The maximum absolute atomic E-state index is 13.5. The highest BCUT2D eigenvalue weighted by atomic mass is 19.1. The Morgan fingerprint density at radius 2 is 2.14 bits per heavy atom. The van der Waals surface area contributed by atoms with Crippen molar-refractivity contribution in [3.05, 3.63) is 46.5 Å². The van der Waals surface area contributed by atoms with Crippen LogP contribution in [0.5, 0.6) is 0 Å². The summed E-state index contributed by atoms with van der Waals surface area (Å²) in [5.74, 6) is -1.22. The van der Waals surface area contributed by atoms with Gasteiger partial charge in [0.05, 0.1) is 5.69 Å². The van der Waals surface area contributed by atoms with Crippen molar-refractivity contribution in [1.82, 2.24) is 15.3 Å². The van der Waals surface area contributed by atoms with Crippen molar-refractivity contribution < 1.29 is 14.3 Å². The third-order valence-electron chi connectivity index (χ3n) is 3.44. The van der Waals surface area contributed by atoms with E-state index in [1.54, 1.807) is 13.0 Å². The second-order valence-electron chi connectivity index (χ2n) is 5.07. The van der Waals surface area contributed by atoms with Crippen LogP contribution >= 0.6 is 0 Å². The summed E-state index contributed by atoms with van der Waals surface area (Å²) >= 11 is 0. The normalized spacial score (nSPS) is 13.8. The Morgan fingerprint density at radius 3 is 2.86 bits per heavy atom. The second-order valence-corrected chi connectivity index (χ2v) is 5.07. The molecule has 0 atom stereocenters. The summed E-state index contributed by atoms with van der Waals surface area (Å²) in [5.41, 5.74) is 2.58. The van der Waals surface area contributed by atoms with Gasteiger partial charge in [-0.1, -0.05) is 0 Å². The average Bonchev–Trinajstić information content (AvgIpc) is 2.45. The molecule has 2 heterocycles. The van der Waals surface area contributed by atoms with E-state index < -0.39 is 5.97 Å². The van der Waals surface area contributed by atoms with Crippen molar-refractivity contribution in [2.24, 2.45) is 0 Å². The van der Waals surface area contributed by atoms with Crippen molar-refractivity contribution in [2.75, 3.05) is 6.54 Å². The van der Waals surface area contributed by atoms with Crippen LogP contribution < -0.4 is 5.32 Å². The predicted octanol–water partition coefficient (Wildman–Crippen LogP) is 1.94. The third-order valence-corrected chi connectivity index (χ3v) is 3.44. The number of aromatic nitrogens is 2. The SMILES string of the molecule is Cc1cc(F)cc(-c2nc3c(c(C(=O)O)n2)CCNC3)c1. The number of hydrogen-bond donors (Lipinski definition) is 2. The number of carboxylic acid groups (broad SMARTS) is 1. The molecule has 108 valence electrons. The molecule has 0 bridgehead atoms. The summed E-state index contributed by atoms with van der Waals surface area (Å²) in [6.07, 6.45) is 0.583. The molecule has 1 aromatic carbocycles. The molecule has 0 unspecified atom stereocenters. The first kappa shape index (κ1) is 13.6. The van der Waals surface area contributed by atoms with Crippen molar-refractivity contribution in [3.63, 3.8) is 0 Å². The van der Waals surface area contributed by atoms with Gasteiger partial charge in [0.15, 0.2) is 11.5 Å². The van der Waals surface area contributed by atoms with Crippen LogP contribution in [0.4, 0.5) is 4.39 Å². The number of carbonyl (C=O) groups is 1. The van der Waals surface area contributed by atoms with Gasteiger partial charge < -0.3 is 10.4 Å². The minimum atomic E-state index is -1.08. The number of aromatic carboxylic acids is 1. The number of nitrogens with zero attached hydrogens (tertiary/aromatic N) is 2. The molecule has 2 N–H and O–H groups in total. The van der Waals surface area contributed by atoms with Crippen molar-refractivity contribution >= 4 is 5.97 Å². The highest BCUT2D eigenvalue weighted by Crippen LogP contribution is 2.23. The molecule has 5 nitrogen and oxygen atoms in total. The van der Waals surface area contributed by atoms with Crippen LogP contribution in [-0.2, 0) is 13.0 Å². The van der Waals surface area contributed by atoms with E-state index in [1.807, 2.05) is 0 Å². The number of aryl methyl sites for hydroxylation is 1. The van der Waals surface area contributed by atoms with Crippen molar-refractivity contribution in [1.29, 1.82) is 0 Å². The second kappa shape index (κ2) is 5.21. The van der Waals surface area contributed by atoms with E-state index in [4.69, 9.17) is 0 Å². The predicted molar refractivity (Wildman–Crippen MR) is 74.5 cm³/mol. The molecule has 0 aliphatic carbocycles. The van der Waals surface area contributed by atoms with Gasteiger partial charge in [0, 0.05) is 17.7 Å². The van der Waals surface area contributed by atoms with Gasteiger partial charge in [-0.05, 0) is 43.7 Å². The van der Waals surface area contributed by atoms with E-state index in [1.165, 1.54) is 12.1 Å². The quantitative estimate of drug-likeness (QED) is 0.883. The number of carboxylic acids is 1. The monoisotopic (exact) mass is 287 g/mol. The van der Waals surface area contributed by atoms with E-state index in [0.717, 1.165) is 5.56 Å². The van der Waals surface area contributed by atoms with Crippen LogP contribution in [0.2, 0.25) is 0 Å². The number of rotatable bonds is 2. The summed E-state index contributed by atoms with van der Waals surface area (Å²) < 4.78 is 13.5. The summed E-state index contributed by atoms with van der Waals surface area (Å²) in [4.78, 5) is 19.9. The molecule has 21 heavy (non-hydrogen) atoms. The number of hydrogen-bond acceptors (Lipinski definition) is 4. The molecule has 1 aliphatic heterocycles. The molecule has 6 heteroatoms. The van der Waals surface area contributed by atoms with Gasteiger partial charge >= 0.3 is 5.97 Å². The zero-order chi connectivity index (χ0) is 15.0. The van der Waals surface area contributed by atoms with E-state index in [9.17, 15) is 14.3 Å². The lowest BCUT2D eigenvalue weighted by Gasteiger charge is -2.18. The van der Waals surface area contributed by atoms with E-state index in [0.29, 0.717) is 36.3 Å². The molecule has 0 fully saturated rings. The number of fused-ring (bicyclic) bond motifs is 1. The Hall–Kier alpha value is -2.34. The number of benzene rings is 1. The minimum absolute atomic E-state index is 0.0124. The van der Waals surface area contributed by atoms with Crippen molar-refractivity contribution in [2.45, 2.75) is 19.9 Å². The Labute approximate surface area is 120 Å². The van der Waals surface area contributed by atoms with Crippen LogP contribution in [0.15, 0.2) is 18.2 Å². The molecule has 0 saturated heterocycles. The van der Waals surface area contributed by atoms with Gasteiger partial charge in [-0.3, -0.25) is 0 Å². The van der Waals surface area contributed by atoms with Gasteiger partial charge in [-0.25, -0.2) is 19.2 Å². The zero-order valence-electron chi connectivity index (χ0n) is 11.5. The smallest absolute Gasteiger partial charge is 0.354 e. The molecular formula is C15H14FN3O2. The fraction of sp³-hybridized carbons (Fsp3) is 0.267. The first-order valence-electron chi connectivity index (χ1n) is 6.66. The van der Waals surface area contributed by atoms with E-state index >= 15 is 0 Å². The van der Waals surface area contributed by atoms with Gasteiger partial charge in [-0.2, -0.15) is 0 Å². The highest BCUT2D eigenvalue weighted by molar-refractivity contribution is 5.88. The topological polar surface area (TPSA) is 75.1 Å². The van der Waals surface area contributed by atoms with Crippen molar-refractivity contribution in [3.8, 4) is 11.4 Å². The molecule has 2 aromatic rings. The van der Waals surface area contributed by atoms with E-state index in [2.05, 4.69) is 15.3 Å². The summed E-state index contributed by atoms with van der Waals surface area (Å²) in [5, 5.41) is 12.5. The Morgan fingerprint density at radius 1 is 1.33 bits per heavy atom. The Bertz CT molecular complexity index is 711. The third kappa shape index (κ3) is 2.62. The van der Waals surface area contributed by atoms with Crippen LogP contribution in [0.3, 0.4) is 0 Å². The standard InChI is InChI=1S/C15H14FN3O2/c1-8-4-9(6-10(16)5-8)14-18-12-7-17-3-2-11(12)13(19-14)15(20)21/h4-6,17H,2-3,7H2,1H3,(H,20,21). The van der Waals surface area contributed by atoms with Gasteiger partial charge in [0.1, 0.15) is 5.82 Å². The van der Waals surface area contributed by atoms with Gasteiger partial charge in [-0.15, -0.1) is 0 Å². The van der Waals surface area contributed by atoms with Gasteiger partial charge in [0.2, 0.25) is 0 Å². The van der Waals surface area contributed by atoms with Crippen LogP contribution in [0, 0.1) is 12.7 Å². The Kier molecular flexibility index (Phi) is 3.39. The lowest BCUT2D eigenvalue weighted by Crippen LogP contribution is -2.27. The maximum Gasteiger partial charge on any atom is 0.354 e. The maximum atomic E-state index is 13.5. The zero-order valence-corrected chi connectivity index (χ0v) is 11.5. The molecule has 1 aromatic heterocycles. The molecule has 0 amide bonds. The fourth-order valence-corrected chi connectivity index (χ4v) is 2.53. The molecule has 3 rings (SSSR count). The highest BCUT2D eigenvalue weighted by Gasteiger charge is 2.22. The lowest BCUT2D eigenvalue weighted by atomic mass is 10.0. The lowest BCUT2D eigenvalue weighted by molar-refractivity contribution is 0.0688. The van der Waals surface area contributed by atoms with Crippen LogP contribution in [0.1, 0.15) is 27.3 Å². The van der Waals surface area contributed by atoms with E-state index in [-0.39, 0.29) is 17.3 Å². The molecule has 0 spiro atoms. The average molecular weight is 287 g/mol. The summed E-state index contributed by atoms with van der Waals surface area (Å²) in [7, 11) is 0. The first-order valence-corrected chi connectivity index (χ1v) is 6.66. The largest absolute Gasteiger partial charge is 0.476 e. The first-order chi connectivity index (χ1) is 10.0. The number of nitrogens with one attached hydrogen (secondary N) is 1. The summed E-state index contributed by atoms with van der Waals surface area (Å²) in [6, 6.07) is 4.46. The van der Waals surface area contributed by atoms with Gasteiger partial charge in [0.25, 0.3) is 0 Å². The molecular weight excluding hydrogens is 273 g/mol. The van der Waals surface area contributed by atoms with Crippen LogP contribution in [0.25, 0.3) is 11.4 Å². The molecule has 1 aliphatic rings. The fourth-order valence-electron chi connectivity index (χ4n) is 2.53. The van der Waals surface area contributed by atoms with Crippen LogP contribution in [-0.4, -0.2) is 27.6 Å². The number of halogens is 1. The summed E-state index contributed by atoms with van der Waals surface area (Å²) in [6.45, 7) is 2.97. The molecule has 0 radical (unpaired) electrons.